The summed E-state index contributed by atoms with van der Waals surface area (Å²) in [5.41, 5.74) is 17.5. The van der Waals surface area contributed by atoms with E-state index in [2.05, 4.69) is 188 Å². The van der Waals surface area contributed by atoms with Crippen molar-refractivity contribution in [3.8, 4) is 101 Å². The van der Waals surface area contributed by atoms with Crippen LogP contribution in [-0.4, -0.2) is 15.0 Å². The van der Waals surface area contributed by atoms with Gasteiger partial charge in [-0.2, -0.15) is 0 Å². The van der Waals surface area contributed by atoms with Crippen LogP contribution >= 0.6 is 0 Å². The molecule has 0 saturated carbocycles. The van der Waals surface area contributed by atoms with Gasteiger partial charge in [0.2, 0.25) is 0 Å². The van der Waals surface area contributed by atoms with Gasteiger partial charge in [0.1, 0.15) is 0 Å². The van der Waals surface area contributed by atoms with Gasteiger partial charge in [-0.25, -0.2) is 15.0 Å². The minimum Gasteiger partial charge on any atom is -0.208 e. The predicted octanol–water partition coefficient (Wildman–Crippen LogP) is 15.5. The van der Waals surface area contributed by atoms with Crippen molar-refractivity contribution < 1.29 is 0 Å². The van der Waals surface area contributed by atoms with Crippen LogP contribution in [0, 0.1) is 0 Å². The molecular weight excluding hydrogens is 751 g/mol. The molecule has 0 radical (unpaired) electrons. The number of fused-ring (bicyclic) bond motifs is 4. The van der Waals surface area contributed by atoms with Gasteiger partial charge >= 0.3 is 0 Å². The Balaban J connectivity index is 0.918. The van der Waals surface area contributed by atoms with Crippen LogP contribution in [0.5, 0.6) is 0 Å². The van der Waals surface area contributed by atoms with Gasteiger partial charge in [0, 0.05) is 16.7 Å². The first kappa shape index (κ1) is 35.7. The summed E-state index contributed by atoms with van der Waals surface area (Å²) in [4.78, 5) is 15.1. The number of hydrogen-bond acceptors (Lipinski definition) is 3. The lowest BCUT2D eigenvalue weighted by Gasteiger charge is -2.16. The van der Waals surface area contributed by atoms with Crippen molar-refractivity contribution in [1.82, 2.24) is 15.0 Å². The van der Waals surface area contributed by atoms with Crippen molar-refractivity contribution in [3.05, 3.63) is 224 Å². The standard InChI is InChI=1S/C59H37N3/c1-3-12-38(13-4-1)39-22-30-45(31-23-39)58-60-57(44-15-5-2-6-16-44)61-59(62-58)46-32-26-42(27-33-46)49-35-34-40-14-7-8-17-48(40)55(49)43-28-24-41(25-29-43)47-36-37-54-51-19-10-9-18-50(51)53-21-11-20-52(47)56(53)54/h1-37H. The van der Waals surface area contributed by atoms with E-state index in [9.17, 15) is 0 Å². The fraction of sp³-hybridized carbons (Fsp3) is 0. The largest absolute Gasteiger partial charge is 0.208 e. The number of rotatable bonds is 7. The molecule has 1 aliphatic rings. The Hall–Kier alpha value is -8.27. The SMILES string of the molecule is c1ccc(-c2ccc(-c3nc(-c4ccccc4)nc(-c4ccc(-c5ccc6ccccc6c5-c5ccc(-c6ccc7c8c(cccc68)-c6ccccc6-7)cc5)cc4)n3)cc2)cc1. The van der Waals surface area contributed by atoms with Crippen LogP contribution in [0.25, 0.3) is 122 Å². The topological polar surface area (TPSA) is 38.7 Å². The Bertz CT molecular complexity index is 3440. The summed E-state index contributed by atoms with van der Waals surface area (Å²) in [5, 5.41) is 5.06. The first-order valence-electron chi connectivity index (χ1n) is 21.1. The van der Waals surface area contributed by atoms with E-state index in [-0.39, 0.29) is 0 Å². The van der Waals surface area contributed by atoms with E-state index in [4.69, 9.17) is 15.0 Å². The molecule has 0 N–H and O–H groups in total. The van der Waals surface area contributed by atoms with E-state index in [1.807, 2.05) is 36.4 Å². The van der Waals surface area contributed by atoms with E-state index >= 15 is 0 Å². The zero-order chi connectivity index (χ0) is 41.0. The third-order valence-electron chi connectivity index (χ3n) is 12.3. The minimum atomic E-state index is 0.633. The number of nitrogens with zero attached hydrogens (tertiary/aromatic N) is 3. The fourth-order valence-corrected chi connectivity index (χ4v) is 9.29. The van der Waals surface area contributed by atoms with Crippen molar-refractivity contribution in [2.45, 2.75) is 0 Å². The molecule has 288 valence electrons. The maximum absolute atomic E-state index is 5.06. The van der Waals surface area contributed by atoms with Crippen LogP contribution in [0.3, 0.4) is 0 Å². The molecule has 3 heteroatoms. The Morgan fingerprint density at radius 1 is 0.210 bits per heavy atom. The Morgan fingerprint density at radius 2 is 0.613 bits per heavy atom. The third kappa shape index (κ3) is 6.10. The molecular formula is C59H37N3. The first-order valence-corrected chi connectivity index (χ1v) is 21.1. The van der Waals surface area contributed by atoms with Crippen molar-refractivity contribution in [3.63, 3.8) is 0 Å². The Kier molecular flexibility index (Phi) is 8.50. The van der Waals surface area contributed by atoms with Crippen LogP contribution < -0.4 is 0 Å². The highest BCUT2D eigenvalue weighted by atomic mass is 15.0. The normalized spacial score (nSPS) is 11.5. The molecule has 0 aliphatic heterocycles. The lowest BCUT2D eigenvalue weighted by Crippen LogP contribution is -2.00. The van der Waals surface area contributed by atoms with Crippen molar-refractivity contribution in [2.75, 3.05) is 0 Å². The van der Waals surface area contributed by atoms with E-state index < -0.39 is 0 Å². The second-order valence-corrected chi connectivity index (χ2v) is 15.9. The average molecular weight is 788 g/mol. The van der Waals surface area contributed by atoms with Crippen molar-refractivity contribution >= 4 is 21.5 Å². The van der Waals surface area contributed by atoms with Gasteiger partial charge in [0.25, 0.3) is 0 Å². The van der Waals surface area contributed by atoms with Crippen LogP contribution in [0.1, 0.15) is 0 Å². The molecule has 10 aromatic carbocycles. The quantitative estimate of drug-likeness (QED) is 0.161. The molecule has 3 nitrogen and oxygen atoms in total. The molecule has 1 heterocycles. The monoisotopic (exact) mass is 787 g/mol. The highest BCUT2D eigenvalue weighted by Gasteiger charge is 2.22. The molecule has 12 rings (SSSR count). The number of aromatic nitrogens is 3. The summed E-state index contributed by atoms with van der Waals surface area (Å²) in [5.74, 6) is 1.91. The first-order chi connectivity index (χ1) is 30.7. The fourth-order valence-electron chi connectivity index (χ4n) is 9.29. The Morgan fingerprint density at radius 3 is 1.26 bits per heavy atom. The number of hydrogen-bond donors (Lipinski definition) is 0. The molecule has 62 heavy (non-hydrogen) atoms. The van der Waals surface area contributed by atoms with Crippen molar-refractivity contribution in [1.29, 1.82) is 0 Å². The van der Waals surface area contributed by atoms with E-state index in [0.29, 0.717) is 17.5 Å². The minimum absolute atomic E-state index is 0.633. The molecule has 1 aromatic heterocycles. The molecule has 0 amide bonds. The summed E-state index contributed by atoms with van der Waals surface area (Å²) in [6.45, 7) is 0. The lowest BCUT2D eigenvalue weighted by molar-refractivity contribution is 1.07. The van der Waals surface area contributed by atoms with E-state index in [1.54, 1.807) is 0 Å². The summed E-state index contributed by atoms with van der Waals surface area (Å²) in [7, 11) is 0. The van der Waals surface area contributed by atoms with Crippen LogP contribution in [0.2, 0.25) is 0 Å². The second kappa shape index (κ2) is 14.8. The lowest BCUT2D eigenvalue weighted by atomic mass is 9.88. The van der Waals surface area contributed by atoms with Crippen molar-refractivity contribution in [2.24, 2.45) is 0 Å². The highest BCUT2D eigenvalue weighted by molar-refractivity contribution is 6.18. The molecule has 11 aromatic rings. The summed E-state index contributed by atoms with van der Waals surface area (Å²) < 4.78 is 0. The molecule has 0 spiro atoms. The number of benzene rings is 10. The highest BCUT2D eigenvalue weighted by Crippen LogP contribution is 2.49. The van der Waals surface area contributed by atoms with Gasteiger partial charge < -0.3 is 0 Å². The zero-order valence-corrected chi connectivity index (χ0v) is 33.7. The van der Waals surface area contributed by atoms with Gasteiger partial charge in [-0.05, 0) is 88.3 Å². The van der Waals surface area contributed by atoms with Crippen LogP contribution in [0.15, 0.2) is 224 Å². The van der Waals surface area contributed by atoms with Crippen LogP contribution in [-0.2, 0) is 0 Å². The average Bonchev–Trinajstić information content (AvgIpc) is 3.69. The zero-order valence-electron chi connectivity index (χ0n) is 33.7. The maximum Gasteiger partial charge on any atom is 0.164 e. The smallest absolute Gasteiger partial charge is 0.164 e. The summed E-state index contributed by atoms with van der Waals surface area (Å²) >= 11 is 0. The summed E-state index contributed by atoms with van der Waals surface area (Å²) in [6, 6.07) is 80.1. The van der Waals surface area contributed by atoms with E-state index in [1.165, 1.54) is 77.2 Å². The third-order valence-corrected chi connectivity index (χ3v) is 12.3. The van der Waals surface area contributed by atoms with E-state index in [0.717, 1.165) is 27.8 Å². The molecule has 0 atom stereocenters. The maximum atomic E-state index is 5.06. The van der Waals surface area contributed by atoms with Gasteiger partial charge in [-0.3, -0.25) is 0 Å². The molecule has 1 aliphatic carbocycles. The second-order valence-electron chi connectivity index (χ2n) is 15.9. The molecule has 0 unspecified atom stereocenters. The van der Waals surface area contributed by atoms with Gasteiger partial charge in [0.15, 0.2) is 17.5 Å². The van der Waals surface area contributed by atoms with Gasteiger partial charge in [-0.1, -0.05) is 224 Å². The molecule has 0 fully saturated rings. The Labute approximate surface area is 360 Å². The van der Waals surface area contributed by atoms with Crippen LogP contribution in [0.4, 0.5) is 0 Å². The molecule has 0 bridgehead atoms. The summed E-state index contributed by atoms with van der Waals surface area (Å²) in [6.07, 6.45) is 0. The predicted molar refractivity (Wildman–Crippen MR) is 257 cm³/mol. The molecule has 0 saturated heterocycles. The van der Waals surface area contributed by atoms with Gasteiger partial charge in [-0.15, -0.1) is 0 Å². The van der Waals surface area contributed by atoms with Gasteiger partial charge in [0.05, 0.1) is 0 Å².